The van der Waals surface area contributed by atoms with Gasteiger partial charge < -0.3 is 16.4 Å². The highest BCUT2D eigenvalue weighted by Gasteiger charge is 2.27. The second kappa shape index (κ2) is 5.48. The van der Waals surface area contributed by atoms with E-state index < -0.39 is 12.1 Å². The lowest BCUT2D eigenvalue weighted by molar-refractivity contribution is -0.123. The number of hydrogen-bond acceptors (Lipinski definition) is 2. The number of primary amides is 1. The topological polar surface area (TPSA) is 84.2 Å². The molecule has 1 aliphatic carbocycles. The Kier molecular flexibility index (Phi) is 3.95. The lowest BCUT2D eigenvalue weighted by atomic mass is 10.1. The molecule has 0 aromatic heterocycles. The average Bonchev–Trinajstić information content (AvgIpc) is 2.73. The van der Waals surface area contributed by atoms with Gasteiger partial charge in [-0.1, -0.05) is 23.7 Å². The molecule has 0 radical (unpaired) electrons. The lowest BCUT2D eigenvalue weighted by Crippen LogP contribution is -2.47. The molecule has 4 N–H and O–H groups in total. The molecule has 3 amide bonds. The van der Waals surface area contributed by atoms with Gasteiger partial charge in [0.05, 0.1) is 6.04 Å². The molecule has 0 heterocycles. The largest absolute Gasteiger partial charge is 0.352 e. The Labute approximate surface area is 116 Å². The Morgan fingerprint density at radius 2 is 2.21 bits per heavy atom. The van der Waals surface area contributed by atoms with Crippen LogP contribution in [0.2, 0.25) is 5.02 Å². The van der Waals surface area contributed by atoms with E-state index >= 15 is 0 Å². The van der Waals surface area contributed by atoms with Crippen LogP contribution in [0.15, 0.2) is 18.2 Å². The highest BCUT2D eigenvalue weighted by Crippen LogP contribution is 2.35. The second-order valence-corrected chi connectivity index (χ2v) is 5.04. The van der Waals surface area contributed by atoms with Crippen LogP contribution < -0.4 is 16.4 Å². The van der Waals surface area contributed by atoms with Crippen LogP contribution in [0.4, 0.5) is 4.79 Å². The van der Waals surface area contributed by atoms with E-state index in [2.05, 4.69) is 10.6 Å². The lowest BCUT2D eigenvalue weighted by Gasteiger charge is -2.18. The number of halogens is 1. The number of nitrogens with one attached hydrogen (secondary N) is 2. The van der Waals surface area contributed by atoms with Crippen LogP contribution in [0.25, 0.3) is 0 Å². The summed E-state index contributed by atoms with van der Waals surface area (Å²) in [5.74, 6) is -0.253. The number of carbonyl (C=O) groups excluding carboxylic acids is 2. The monoisotopic (exact) mass is 281 g/mol. The highest BCUT2D eigenvalue weighted by atomic mass is 35.5. The number of nitrogens with two attached hydrogens (primary N) is 1. The fourth-order valence-corrected chi connectivity index (χ4v) is 2.61. The molecule has 0 saturated heterocycles. The molecule has 6 heteroatoms. The first-order valence-corrected chi connectivity index (χ1v) is 6.50. The average molecular weight is 282 g/mol. The van der Waals surface area contributed by atoms with Crippen LogP contribution in [-0.4, -0.2) is 18.0 Å². The Morgan fingerprint density at radius 1 is 1.47 bits per heavy atom. The second-order valence-electron chi connectivity index (χ2n) is 4.64. The fourth-order valence-electron chi connectivity index (χ4n) is 2.34. The molecule has 5 nitrogen and oxygen atoms in total. The summed E-state index contributed by atoms with van der Waals surface area (Å²) in [5, 5.41) is 5.99. The Balaban J connectivity index is 2.05. The van der Waals surface area contributed by atoms with E-state index in [0.717, 1.165) is 29.0 Å². The number of benzene rings is 1. The van der Waals surface area contributed by atoms with Crippen molar-refractivity contribution in [2.75, 3.05) is 0 Å². The molecule has 1 aromatic carbocycles. The zero-order valence-electron chi connectivity index (χ0n) is 10.6. The van der Waals surface area contributed by atoms with Crippen molar-refractivity contribution >= 4 is 23.5 Å². The van der Waals surface area contributed by atoms with Gasteiger partial charge in [0.1, 0.15) is 6.04 Å². The maximum atomic E-state index is 11.9. The predicted octanol–water partition coefficient (Wildman–Crippen LogP) is 1.50. The van der Waals surface area contributed by atoms with Gasteiger partial charge in [-0.15, -0.1) is 0 Å². The van der Waals surface area contributed by atoms with Crippen LogP contribution in [-0.2, 0) is 11.2 Å². The van der Waals surface area contributed by atoms with E-state index in [0.29, 0.717) is 0 Å². The molecule has 19 heavy (non-hydrogen) atoms. The smallest absolute Gasteiger partial charge is 0.312 e. The van der Waals surface area contributed by atoms with Crippen LogP contribution >= 0.6 is 11.6 Å². The van der Waals surface area contributed by atoms with Gasteiger partial charge in [0, 0.05) is 5.02 Å². The zero-order valence-corrected chi connectivity index (χ0v) is 11.3. The van der Waals surface area contributed by atoms with Gasteiger partial charge in [-0.05, 0) is 37.0 Å². The molecule has 2 atom stereocenters. The van der Waals surface area contributed by atoms with E-state index in [-0.39, 0.29) is 11.9 Å². The van der Waals surface area contributed by atoms with Crippen molar-refractivity contribution in [1.29, 1.82) is 0 Å². The van der Waals surface area contributed by atoms with Gasteiger partial charge in [-0.3, -0.25) is 4.79 Å². The molecule has 0 aliphatic heterocycles. The molecule has 0 unspecified atom stereocenters. The number of fused-ring (bicyclic) bond motifs is 1. The van der Waals surface area contributed by atoms with Crippen molar-refractivity contribution in [2.45, 2.75) is 31.8 Å². The normalized spacial score (nSPS) is 18.5. The van der Waals surface area contributed by atoms with E-state index in [1.807, 2.05) is 18.2 Å². The van der Waals surface area contributed by atoms with Crippen LogP contribution in [0, 0.1) is 0 Å². The van der Waals surface area contributed by atoms with Crippen molar-refractivity contribution in [3.8, 4) is 0 Å². The quantitative estimate of drug-likeness (QED) is 0.784. The number of rotatable bonds is 3. The Bertz CT molecular complexity index is 519. The molecule has 102 valence electrons. The van der Waals surface area contributed by atoms with Gasteiger partial charge in [-0.2, -0.15) is 0 Å². The minimum atomic E-state index is -0.711. The highest BCUT2D eigenvalue weighted by molar-refractivity contribution is 6.31. The number of urea groups is 1. The first kappa shape index (κ1) is 13.7. The van der Waals surface area contributed by atoms with E-state index in [1.165, 1.54) is 0 Å². The van der Waals surface area contributed by atoms with E-state index in [9.17, 15) is 9.59 Å². The van der Waals surface area contributed by atoms with Crippen molar-refractivity contribution in [3.63, 3.8) is 0 Å². The molecule has 0 bridgehead atoms. The van der Waals surface area contributed by atoms with Crippen LogP contribution in [0.5, 0.6) is 0 Å². The number of amides is 3. The van der Waals surface area contributed by atoms with Crippen molar-refractivity contribution < 1.29 is 9.59 Å². The number of hydrogen-bond donors (Lipinski definition) is 3. The van der Waals surface area contributed by atoms with Crippen molar-refractivity contribution in [1.82, 2.24) is 10.6 Å². The van der Waals surface area contributed by atoms with Gasteiger partial charge in [0.25, 0.3) is 0 Å². The predicted molar refractivity (Wildman–Crippen MR) is 72.8 cm³/mol. The molecule has 1 aliphatic rings. The Hall–Kier alpha value is -1.75. The molecule has 0 fully saturated rings. The van der Waals surface area contributed by atoms with E-state index in [1.54, 1.807) is 6.92 Å². The third kappa shape index (κ3) is 2.98. The molecular weight excluding hydrogens is 266 g/mol. The minimum absolute atomic E-state index is 0.0571. The molecule has 0 saturated carbocycles. The SMILES string of the molecule is C[C@H](NC(N)=O)C(=O)N[C@H]1CCc2c(Cl)cccc21. The third-order valence-corrected chi connectivity index (χ3v) is 3.64. The fraction of sp³-hybridized carbons (Fsp3) is 0.385. The Morgan fingerprint density at radius 3 is 2.89 bits per heavy atom. The molecule has 1 aromatic rings. The zero-order chi connectivity index (χ0) is 14.0. The van der Waals surface area contributed by atoms with Crippen LogP contribution in [0.3, 0.4) is 0 Å². The standard InChI is InChI=1S/C13H16ClN3O2/c1-7(16-13(15)19)12(18)17-11-6-5-8-9(11)3-2-4-10(8)14/h2-4,7,11H,5-6H2,1H3,(H,17,18)(H3,15,16,19)/t7-,11-/m0/s1. The van der Waals surface area contributed by atoms with Crippen molar-refractivity contribution in [3.05, 3.63) is 34.3 Å². The van der Waals surface area contributed by atoms with Gasteiger partial charge in [-0.25, -0.2) is 4.79 Å². The number of carbonyl (C=O) groups is 2. The summed E-state index contributed by atoms with van der Waals surface area (Å²) in [5.41, 5.74) is 7.12. The maximum Gasteiger partial charge on any atom is 0.312 e. The summed E-state index contributed by atoms with van der Waals surface area (Å²) >= 11 is 6.12. The first-order chi connectivity index (χ1) is 8.99. The van der Waals surface area contributed by atoms with Gasteiger partial charge >= 0.3 is 6.03 Å². The van der Waals surface area contributed by atoms with Gasteiger partial charge in [0.15, 0.2) is 0 Å². The summed E-state index contributed by atoms with van der Waals surface area (Å²) in [6.45, 7) is 1.59. The molecule has 0 spiro atoms. The molecule has 2 rings (SSSR count). The summed E-state index contributed by atoms with van der Waals surface area (Å²) < 4.78 is 0. The summed E-state index contributed by atoms with van der Waals surface area (Å²) in [4.78, 5) is 22.6. The summed E-state index contributed by atoms with van der Waals surface area (Å²) in [7, 11) is 0. The minimum Gasteiger partial charge on any atom is -0.352 e. The van der Waals surface area contributed by atoms with E-state index in [4.69, 9.17) is 17.3 Å². The summed E-state index contributed by atoms with van der Waals surface area (Å²) in [6, 6.07) is 4.26. The van der Waals surface area contributed by atoms with Gasteiger partial charge in [0.2, 0.25) is 5.91 Å². The maximum absolute atomic E-state index is 11.9. The first-order valence-electron chi connectivity index (χ1n) is 6.12. The third-order valence-electron chi connectivity index (χ3n) is 3.28. The molecular formula is C13H16ClN3O2. The summed E-state index contributed by atoms with van der Waals surface area (Å²) in [6.07, 6.45) is 1.66. The van der Waals surface area contributed by atoms with Crippen molar-refractivity contribution in [2.24, 2.45) is 5.73 Å². The van der Waals surface area contributed by atoms with Crippen LogP contribution in [0.1, 0.15) is 30.5 Å².